The van der Waals surface area contributed by atoms with Crippen molar-refractivity contribution in [3.05, 3.63) is 77.0 Å². The second kappa shape index (κ2) is 7.85. The highest BCUT2D eigenvalue weighted by atomic mass is 19.4. The van der Waals surface area contributed by atoms with Gasteiger partial charge in [0.2, 0.25) is 0 Å². The summed E-state index contributed by atoms with van der Waals surface area (Å²) in [6.07, 6.45) is -8.28. The molecule has 0 saturated carbocycles. The molecule has 0 atom stereocenters. The van der Waals surface area contributed by atoms with Crippen LogP contribution in [0.15, 0.2) is 54.7 Å². The standard InChI is InChI=1S/C19H15F6NO/c1-26-11-16(13-5-3-7-15(10-13)19(23,24)25)17(27)9-12-4-2-6-14(8-12)18(20,21)22/h2-8,10-11,26H,9H2,1H3. The molecule has 0 amide bonds. The number of hydrogen-bond acceptors (Lipinski definition) is 2. The van der Waals surface area contributed by atoms with Gasteiger partial charge in [-0.05, 0) is 29.3 Å². The van der Waals surface area contributed by atoms with Crippen molar-refractivity contribution in [2.24, 2.45) is 0 Å². The van der Waals surface area contributed by atoms with Crippen LogP contribution in [-0.2, 0) is 23.6 Å². The summed E-state index contributed by atoms with van der Waals surface area (Å²) in [5.74, 6) is -0.608. The van der Waals surface area contributed by atoms with Crippen molar-refractivity contribution in [2.45, 2.75) is 18.8 Å². The molecular weight excluding hydrogens is 372 g/mol. The van der Waals surface area contributed by atoms with E-state index in [2.05, 4.69) is 5.32 Å². The molecule has 0 aliphatic rings. The van der Waals surface area contributed by atoms with Crippen molar-refractivity contribution in [3.8, 4) is 0 Å². The number of nitrogens with one attached hydrogen (secondary N) is 1. The maximum Gasteiger partial charge on any atom is 0.416 e. The predicted octanol–water partition coefficient (Wildman–Crippen LogP) is 5.10. The Morgan fingerprint density at radius 2 is 1.48 bits per heavy atom. The van der Waals surface area contributed by atoms with E-state index in [1.807, 2.05) is 0 Å². The Kier molecular flexibility index (Phi) is 5.98. The number of halogens is 6. The molecule has 8 heteroatoms. The van der Waals surface area contributed by atoms with Crippen LogP contribution < -0.4 is 5.32 Å². The van der Waals surface area contributed by atoms with Crippen molar-refractivity contribution in [1.29, 1.82) is 0 Å². The monoisotopic (exact) mass is 387 g/mol. The van der Waals surface area contributed by atoms with Crippen LogP contribution in [0.2, 0.25) is 0 Å². The number of benzene rings is 2. The second-order valence-electron chi connectivity index (χ2n) is 5.72. The number of ketones is 1. The average molecular weight is 387 g/mol. The topological polar surface area (TPSA) is 29.1 Å². The van der Waals surface area contributed by atoms with Gasteiger partial charge in [-0.15, -0.1) is 0 Å². The van der Waals surface area contributed by atoms with Crippen molar-refractivity contribution in [1.82, 2.24) is 5.32 Å². The zero-order valence-corrected chi connectivity index (χ0v) is 14.1. The lowest BCUT2D eigenvalue weighted by atomic mass is 9.95. The minimum atomic E-state index is -4.58. The summed E-state index contributed by atoms with van der Waals surface area (Å²) in [6.45, 7) is 0. The number of carbonyl (C=O) groups excluding carboxylic acids is 1. The highest BCUT2D eigenvalue weighted by molar-refractivity contribution is 6.21. The Labute approximate surface area is 151 Å². The summed E-state index contributed by atoms with van der Waals surface area (Å²) in [7, 11) is 1.46. The molecule has 0 aromatic heterocycles. The minimum absolute atomic E-state index is 0.0242. The fourth-order valence-corrected chi connectivity index (χ4v) is 2.47. The summed E-state index contributed by atoms with van der Waals surface area (Å²) in [6, 6.07) is 8.46. The SMILES string of the molecule is CNC=C(C(=O)Cc1cccc(C(F)(F)F)c1)c1cccc(C(F)(F)F)c1. The smallest absolute Gasteiger partial charge is 0.393 e. The molecule has 2 rings (SSSR count). The molecule has 0 saturated heterocycles. The minimum Gasteiger partial charge on any atom is -0.393 e. The Balaban J connectivity index is 2.33. The Morgan fingerprint density at radius 1 is 0.926 bits per heavy atom. The van der Waals surface area contributed by atoms with E-state index in [4.69, 9.17) is 0 Å². The number of Topliss-reactive ketones (excluding diaryl/α,β-unsaturated/α-hetero) is 1. The number of allylic oxidation sites excluding steroid dienone is 1. The van der Waals surface area contributed by atoms with Crippen molar-refractivity contribution in [2.75, 3.05) is 7.05 Å². The quantitative estimate of drug-likeness (QED) is 0.572. The zero-order valence-electron chi connectivity index (χ0n) is 14.1. The third kappa shape index (κ3) is 5.35. The van der Waals surface area contributed by atoms with Gasteiger partial charge in [0.25, 0.3) is 0 Å². The molecule has 0 radical (unpaired) electrons. The first-order valence-corrected chi connectivity index (χ1v) is 7.77. The van der Waals surface area contributed by atoms with Crippen molar-refractivity contribution >= 4 is 11.4 Å². The molecule has 2 aromatic carbocycles. The van der Waals surface area contributed by atoms with Gasteiger partial charge >= 0.3 is 12.4 Å². The van der Waals surface area contributed by atoms with E-state index in [1.165, 1.54) is 37.5 Å². The van der Waals surface area contributed by atoms with Gasteiger partial charge in [0.05, 0.1) is 11.1 Å². The van der Waals surface area contributed by atoms with Gasteiger partial charge < -0.3 is 5.32 Å². The second-order valence-corrected chi connectivity index (χ2v) is 5.72. The first-order valence-electron chi connectivity index (χ1n) is 7.77. The molecule has 0 unspecified atom stereocenters. The van der Waals surface area contributed by atoms with Gasteiger partial charge in [0.1, 0.15) is 0 Å². The Bertz CT molecular complexity index is 852. The largest absolute Gasteiger partial charge is 0.416 e. The molecule has 0 spiro atoms. The Hall–Kier alpha value is -2.77. The molecule has 2 aromatic rings. The summed E-state index contributed by atoms with van der Waals surface area (Å²) in [5, 5.41) is 2.58. The highest BCUT2D eigenvalue weighted by Crippen LogP contribution is 2.32. The van der Waals surface area contributed by atoms with Gasteiger partial charge in [0, 0.05) is 25.2 Å². The first kappa shape index (κ1) is 20.5. The molecule has 0 bridgehead atoms. The number of rotatable bonds is 5. The number of carbonyl (C=O) groups is 1. The van der Waals surface area contributed by atoms with Crippen molar-refractivity contribution in [3.63, 3.8) is 0 Å². The number of hydrogen-bond donors (Lipinski definition) is 1. The van der Waals surface area contributed by atoms with Gasteiger partial charge in [-0.1, -0.05) is 30.3 Å². The van der Waals surface area contributed by atoms with Gasteiger partial charge in [-0.25, -0.2) is 0 Å². The fourth-order valence-electron chi connectivity index (χ4n) is 2.47. The molecule has 1 N–H and O–H groups in total. The fraction of sp³-hybridized carbons (Fsp3) is 0.211. The molecule has 2 nitrogen and oxygen atoms in total. The first-order chi connectivity index (χ1) is 12.5. The summed E-state index contributed by atoms with van der Waals surface area (Å²) >= 11 is 0. The molecule has 0 aliphatic carbocycles. The van der Waals surface area contributed by atoms with E-state index >= 15 is 0 Å². The van der Waals surface area contributed by atoms with Crippen LogP contribution in [0.25, 0.3) is 5.57 Å². The van der Waals surface area contributed by atoms with Crippen molar-refractivity contribution < 1.29 is 31.1 Å². The summed E-state index contributed by atoms with van der Waals surface area (Å²) in [5.41, 5.74) is -1.74. The predicted molar refractivity (Wildman–Crippen MR) is 88.6 cm³/mol. The van der Waals surface area contributed by atoms with Crippen LogP contribution in [0, 0.1) is 0 Å². The van der Waals surface area contributed by atoms with E-state index in [-0.39, 0.29) is 23.1 Å². The zero-order chi connectivity index (χ0) is 20.2. The van der Waals surface area contributed by atoms with E-state index < -0.39 is 29.3 Å². The summed E-state index contributed by atoms with van der Waals surface area (Å²) < 4.78 is 77.1. The van der Waals surface area contributed by atoms with Crippen LogP contribution in [-0.4, -0.2) is 12.8 Å². The summed E-state index contributed by atoms with van der Waals surface area (Å²) in [4.78, 5) is 12.6. The van der Waals surface area contributed by atoms with Crippen LogP contribution in [0.3, 0.4) is 0 Å². The van der Waals surface area contributed by atoms with Crippen LogP contribution in [0.4, 0.5) is 26.3 Å². The van der Waals surface area contributed by atoms with Crippen LogP contribution in [0.1, 0.15) is 22.3 Å². The highest BCUT2D eigenvalue weighted by Gasteiger charge is 2.32. The lowest BCUT2D eigenvalue weighted by molar-refractivity contribution is -0.138. The average Bonchev–Trinajstić information content (AvgIpc) is 2.58. The van der Waals surface area contributed by atoms with Crippen LogP contribution >= 0.6 is 0 Å². The van der Waals surface area contributed by atoms with Gasteiger partial charge in [-0.2, -0.15) is 26.3 Å². The lowest BCUT2D eigenvalue weighted by Crippen LogP contribution is -2.12. The maximum absolute atomic E-state index is 12.9. The van der Waals surface area contributed by atoms with Crippen LogP contribution in [0.5, 0.6) is 0 Å². The van der Waals surface area contributed by atoms with E-state index in [1.54, 1.807) is 0 Å². The Morgan fingerprint density at radius 3 is 2.04 bits per heavy atom. The molecule has 0 heterocycles. The van der Waals surface area contributed by atoms with E-state index in [9.17, 15) is 31.1 Å². The van der Waals surface area contributed by atoms with E-state index in [0.29, 0.717) is 0 Å². The van der Waals surface area contributed by atoms with Gasteiger partial charge in [0.15, 0.2) is 5.78 Å². The molecular formula is C19H15F6NO. The molecule has 0 fully saturated rings. The molecule has 0 aliphatic heterocycles. The normalized spacial score (nSPS) is 12.8. The maximum atomic E-state index is 12.9. The van der Waals surface area contributed by atoms with E-state index in [0.717, 1.165) is 24.3 Å². The number of alkyl halides is 6. The third-order valence-corrected chi connectivity index (χ3v) is 3.71. The third-order valence-electron chi connectivity index (χ3n) is 3.71. The van der Waals surface area contributed by atoms with Gasteiger partial charge in [-0.3, -0.25) is 4.79 Å². The molecule has 144 valence electrons. The molecule has 27 heavy (non-hydrogen) atoms. The lowest BCUT2D eigenvalue weighted by Gasteiger charge is -2.12.